The highest BCUT2D eigenvalue weighted by atomic mass is 16.2. The lowest BCUT2D eigenvalue weighted by atomic mass is 9.94. The minimum atomic E-state index is -0.701. The molecule has 2 heterocycles. The van der Waals surface area contributed by atoms with E-state index in [1.807, 2.05) is 4.90 Å². The molecule has 2 aromatic rings. The molecule has 0 radical (unpaired) electrons. The summed E-state index contributed by atoms with van der Waals surface area (Å²) in [5.74, 6) is -0.489. The standard InChI is InChI=1S/C19H20N6O/c20-9-16-5-3-15(4-6-16)8-18(10-21)19(26)24-7-1-2-17(11-24)12-25-14-22-13-23-25/h3-6,13-14,17-18H,1-2,7-8,11-12H2. The van der Waals surface area contributed by atoms with Crippen molar-refractivity contribution in [1.29, 1.82) is 10.5 Å². The Kier molecular flexibility index (Phi) is 5.60. The van der Waals surface area contributed by atoms with Crippen LogP contribution in [0.15, 0.2) is 36.9 Å². The number of carbonyl (C=O) groups is 1. The van der Waals surface area contributed by atoms with Crippen LogP contribution in [-0.2, 0) is 17.8 Å². The van der Waals surface area contributed by atoms with Crippen LogP contribution in [0.3, 0.4) is 0 Å². The Labute approximate surface area is 152 Å². The lowest BCUT2D eigenvalue weighted by Crippen LogP contribution is -2.44. The minimum absolute atomic E-state index is 0.111. The van der Waals surface area contributed by atoms with Crippen molar-refractivity contribution >= 4 is 5.91 Å². The van der Waals surface area contributed by atoms with Crippen LogP contribution >= 0.6 is 0 Å². The van der Waals surface area contributed by atoms with Crippen LogP contribution < -0.4 is 0 Å². The average molecular weight is 348 g/mol. The average Bonchev–Trinajstić information content (AvgIpc) is 3.19. The molecule has 1 aliphatic rings. The van der Waals surface area contributed by atoms with Crippen molar-refractivity contribution in [3.63, 3.8) is 0 Å². The van der Waals surface area contributed by atoms with E-state index in [9.17, 15) is 10.1 Å². The quantitative estimate of drug-likeness (QED) is 0.820. The van der Waals surface area contributed by atoms with E-state index in [1.165, 1.54) is 6.33 Å². The number of likely N-dealkylation sites (tertiary alicyclic amines) is 1. The number of rotatable bonds is 5. The summed E-state index contributed by atoms with van der Waals surface area (Å²) in [6, 6.07) is 11.3. The predicted molar refractivity (Wildman–Crippen MR) is 93.3 cm³/mol. The summed E-state index contributed by atoms with van der Waals surface area (Å²) in [4.78, 5) is 18.6. The highest BCUT2D eigenvalue weighted by Crippen LogP contribution is 2.21. The highest BCUT2D eigenvalue weighted by molar-refractivity contribution is 5.81. The van der Waals surface area contributed by atoms with Gasteiger partial charge in [0.15, 0.2) is 0 Å². The van der Waals surface area contributed by atoms with Crippen LogP contribution in [-0.4, -0.2) is 38.7 Å². The summed E-state index contributed by atoms with van der Waals surface area (Å²) >= 11 is 0. The molecule has 0 saturated carbocycles. The van der Waals surface area contributed by atoms with Crippen LogP contribution in [0.2, 0.25) is 0 Å². The fraction of sp³-hybridized carbons (Fsp3) is 0.421. The van der Waals surface area contributed by atoms with Gasteiger partial charge in [0.05, 0.1) is 17.7 Å². The number of aromatic nitrogens is 3. The molecule has 0 aliphatic carbocycles. The molecule has 1 aromatic carbocycles. The molecule has 1 aromatic heterocycles. The Morgan fingerprint density at radius 3 is 2.77 bits per heavy atom. The van der Waals surface area contributed by atoms with Gasteiger partial charge in [0.25, 0.3) is 0 Å². The number of carbonyl (C=O) groups excluding carboxylic acids is 1. The van der Waals surface area contributed by atoms with Crippen LogP contribution in [0.1, 0.15) is 24.0 Å². The largest absolute Gasteiger partial charge is 0.341 e. The number of nitrogens with zero attached hydrogens (tertiary/aromatic N) is 6. The van der Waals surface area contributed by atoms with Crippen LogP contribution in [0.25, 0.3) is 0 Å². The first-order valence-corrected chi connectivity index (χ1v) is 8.69. The number of hydrogen-bond acceptors (Lipinski definition) is 5. The van der Waals surface area contributed by atoms with Crippen LogP contribution in [0, 0.1) is 34.5 Å². The first-order chi connectivity index (χ1) is 12.7. The van der Waals surface area contributed by atoms with E-state index in [1.54, 1.807) is 35.3 Å². The van der Waals surface area contributed by atoms with Crippen molar-refractivity contribution in [2.24, 2.45) is 11.8 Å². The van der Waals surface area contributed by atoms with Crippen molar-refractivity contribution in [1.82, 2.24) is 19.7 Å². The molecule has 1 amide bonds. The third-order valence-electron chi connectivity index (χ3n) is 4.72. The van der Waals surface area contributed by atoms with Gasteiger partial charge in [-0.3, -0.25) is 9.48 Å². The molecule has 1 aliphatic heterocycles. The van der Waals surface area contributed by atoms with Crippen molar-refractivity contribution < 1.29 is 4.79 Å². The lowest BCUT2D eigenvalue weighted by molar-refractivity contribution is -0.135. The first-order valence-electron chi connectivity index (χ1n) is 8.69. The van der Waals surface area contributed by atoms with Gasteiger partial charge in [0.2, 0.25) is 5.91 Å². The summed E-state index contributed by atoms with van der Waals surface area (Å²) in [5, 5.41) is 22.5. The summed E-state index contributed by atoms with van der Waals surface area (Å²) in [7, 11) is 0. The molecule has 26 heavy (non-hydrogen) atoms. The minimum Gasteiger partial charge on any atom is -0.341 e. The maximum Gasteiger partial charge on any atom is 0.240 e. The zero-order valence-corrected chi connectivity index (χ0v) is 14.5. The number of benzene rings is 1. The van der Waals surface area contributed by atoms with E-state index in [2.05, 4.69) is 22.2 Å². The Morgan fingerprint density at radius 2 is 2.12 bits per heavy atom. The lowest BCUT2D eigenvalue weighted by Gasteiger charge is -2.33. The molecule has 0 bridgehead atoms. The summed E-state index contributed by atoms with van der Waals surface area (Å²) in [6.45, 7) is 2.07. The van der Waals surface area contributed by atoms with E-state index in [4.69, 9.17) is 5.26 Å². The fourth-order valence-electron chi connectivity index (χ4n) is 3.37. The normalized spacial score (nSPS) is 17.9. The molecule has 2 atom stereocenters. The monoisotopic (exact) mass is 348 g/mol. The molecule has 2 unspecified atom stereocenters. The second-order valence-corrected chi connectivity index (χ2v) is 6.60. The number of amides is 1. The number of nitriles is 2. The molecule has 1 saturated heterocycles. The molecule has 7 nitrogen and oxygen atoms in total. The molecular weight excluding hydrogens is 328 g/mol. The second kappa shape index (κ2) is 8.26. The zero-order valence-electron chi connectivity index (χ0n) is 14.5. The zero-order chi connectivity index (χ0) is 18.4. The van der Waals surface area contributed by atoms with E-state index < -0.39 is 5.92 Å². The van der Waals surface area contributed by atoms with Gasteiger partial charge in [-0.1, -0.05) is 12.1 Å². The van der Waals surface area contributed by atoms with E-state index >= 15 is 0 Å². The Hall–Kier alpha value is -3.19. The van der Waals surface area contributed by atoms with Gasteiger partial charge in [0, 0.05) is 19.6 Å². The topological polar surface area (TPSA) is 98.6 Å². The summed E-state index contributed by atoms with van der Waals surface area (Å²) < 4.78 is 1.79. The van der Waals surface area contributed by atoms with Gasteiger partial charge in [-0.05, 0) is 42.9 Å². The van der Waals surface area contributed by atoms with Crippen molar-refractivity contribution in [2.75, 3.05) is 13.1 Å². The van der Waals surface area contributed by atoms with E-state index in [0.717, 1.165) is 24.9 Å². The predicted octanol–water partition coefficient (Wildman–Crippen LogP) is 1.77. The van der Waals surface area contributed by atoms with Crippen molar-refractivity contribution in [3.05, 3.63) is 48.0 Å². The van der Waals surface area contributed by atoms with Gasteiger partial charge in [-0.25, -0.2) is 4.98 Å². The van der Waals surface area contributed by atoms with E-state index in [-0.39, 0.29) is 5.91 Å². The number of hydrogen-bond donors (Lipinski definition) is 0. The van der Waals surface area contributed by atoms with Gasteiger partial charge in [-0.15, -0.1) is 0 Å². The molecule has 0 spiro atoms. The van der Waals surface area contributed by atoms with Crippen LogP contribution in [0.5, 0.6) is 0 Å². The second-order valence-electron chi connectivity index (χ2n) is 6.60. The van der Waals surface area contributed by atoms with Crippen molar-refractivity contribution in [3.8, 4) is 12.1 Å². The number of piperidine rings is 1. The first kappa shape index (κ1) is 17.6. The highest BCUT2D eigenvalue weighted by Gasteiger charge is 2.29. The summed E-state index contributed by atoms with van der Waals surface area (Å²) in [6.07, 6.45) is 5.53. The van der Waals surface area contributed by atoms with Crippen molar-refractivity contribution in [2.45, 2.75) is 25.8 Å². The molecular formula is C19H20N6O. The maximum atomic E-state index is 12.8. The third-order valence-corrected chi connectivity index (χ3v) is 4.72. The molecule has 132 valence electrons. The fourth-order valence-corrected chi connectivity index (χ4v) is 3.37. The van der Waals surface area contributed by atoms with Gasteiger partial charge < -0.3 is 4.90 Å². The summed E-state index contributed by atoms with van der Waals surface area (Å²) in [5.41, 5.74) is 1.46. The SMILES string of the molecule is N#Cc1ccc(CC(C#N)C(=O)N2CCCC(Cn3cncn3)C2)cc1. The smallest absolute Gasteiger partial charge is 0.240 e. The van der Waals surface area contributed by atoms with Gasteiger partial charge >= 0.3 is 0 Å². The van der Waals surface area contributed by atoms with Gasteiger partial charge in [-0.2, -0.15) is 15.6 Å². The molecule has 1 fully saturated rings. The third kappa shape index (κ3) is 4.25. The Bertz CT molecular complexity index is 815. The Balaban J connectivity index is 1.61. The van der Waals surface area contributed by atoms with Crippen LogP contribution in [0.4, 0.5) is 0 Å². The van der Waals surface area contributed by atoms with Gasteiger partial charge in [0.1, 0.15) is 18.6 Å². The molecule has 7 heteroatoms. The molecule has 3 rings (SSSR count). The molecule has 0 N–H and O–H groups in total. The Morgan fingerprint density at radius 1 is 1.31 bits per heavy atom. The maximum absolute atomic E-state index is 12.8. The van der Waals surface area contributed by atoms with E-state index in [0.29, 0.717) is 31.0 Å².